The largest absolute Gasteiger partial charge is 0.384 e. The number of H-pyrrole nitrogens is 1. The van der Waals surface area contributed by atoms with Gasteiger partial charge in [0.25, 0.3) is 5.91 Å². The first-order valence-electron chi connectivity index (χ1n) is 9.35. The Morgan fingerprint density at radius 3 is 2.93 bits per heavy atom. The summed E-state index contributed by atoms with van der Waals surface area (Å²) in [5.41, 5.74) is 3.44. The molecular weight excluding hydrogens is 340 g/mol. The van der Waals surface area contributed by atoms with E-state index in [4.69, 9.17) is 5.11 Å². The summed E-state index contributed by atoms with van der Waals surface area (Å²) in [6.07, 6.45) is 3.82. The topological polar surface area (TPSA) is 81.2 Å². The number of nitrogens with one attached hydrogen (secondary N) is 2. The van der Waals surface area contributed by atoms with Crippen LogP contribution in [0.2, 0.25) is 0 Å². The summed E-state index contributed by atoms with van der Waals surface area (Å²) in [6.45, 7) is 5.37. The summed E-state index contributed by atoms with van der Waals surface area (Å²) < 4.78 is 0. The molecule has 6 heteroatoms. The number of aryl methyl sites for hydroxylation is 1. The normalized spacial score (nSPS) is 17.2. The Morgan fingerprint density at radius 2 is 2.22 bits per heavy atom. The molecule has 0 aliphatic carbocycles. The molecule has 1 aromatic carbocycles. The smallest absolute Gasteiger partial charge is 0.271 e. The molecule has 1 atom stereocenters. The second-order valence-electron chi connectivity index (χ2n) is 6.99. The van der Waals surface area contributed by atoms with E-state index in [0.717, 1.165) is 43.7 Å². The zero-order chi connectivity index (χ0) is 19.1. The van der Waals surface area contributed by atoms with Gasteiger partial charge >= 0.3 is 0 Å². The number of benzene rings is 1. The van der Waals surface area contributed by atoms with Crippen LogP contribution in [0.1, 0.15) is 40.2 Å². The van der Waals surface area contributed by atoms with Crippen LogP contribution in [0.15, 0.2) is 30.6 Å². The number of imidazole rings is 1. The summed E-state index contributed by atoms with van der Waals surface area (Å²) in [5, 5.41) is 11.8. The number of hydrogen-bond acceptors (Lipinski definition) is 4. The fourth-order valence-electron chi connectivity index (χ4n) is 3.46. The highest BCUT2D eigenvalue weighted by atomic mass is 16.2. The Bertz CT molecular complexity index is 817. The lowest BCUT2D eigenvalue weighted by Crippen LogP contribution is -2.40. The Morgan fingerprint density at radius 1 is 1.41 bits per heavy atom. The van der Waals surface area contributed by atoms with Crippen molar-refractivity contribution in [1.29, 1.82) is 0 Å². The number of aliphatic hydroxyl groups is 1. The molecule has 1 aliphatic rings. The number of rotatable bonds is 5. The van der Waals surface area contributed by atoms with E-state index in [1.54, 1.807) is 6.33 Å². The van der Waals surface area contributed by atoms with E-state index < -0.39 is 0 Å². The Hall–Kier alpha value is -2.62. The number of piperidine rings is 1. The minimum absolute atomic E-state index is 0.106. The monoisotopic (exact) mass is 366 g/mol. The highest BCUT2D eigenvalue weighted by Gasteiger charge is 2.21. The quantitative estimate of drug-likeness (QED) is 0.704. The molecule has 1 aromatic heterocycles. The molecule has 0 bridgehead atoms. The number of amides is 1. The van der Waals surface area contributed by atoms with Crippen molar-refractivity contribution < 1.29 is 9.90 Å². The van der Waals surface area contributed by atoms with Gasteiger partial charge in [-0.3, -0.25) is 9.69 Å². The van der Waals surface area contributed by atoms with Gasteiger partial charge in [-0.2, -0.15) is 0 Å². The Balaban J connectivity index is 1.49. The molecule has 3 N–H and O–H groups in total. The minimum atomic E-state index is -0.118. The maximum absolute atomic E-state index is 12.2. The second kappa shape index (κ2) is 9.36. The average molecular weight is 366 g/mol. The molecule has 27 heavy (non-hydrogen) atoms. The number of aromatic amines is 1. The molecule has 1 unspecified atom stereocenters. The van der Waals surface area contributed by atoms with Crippen LogP contribution >= 0.6 is 0 Å². The molecule has 1 fully saturated rings. The third-order valence-electron chi connectivity index (χ3n) is 4.87. The first kappa shape index (κ1) is 19.2. The minimum Gasteiger partial charge on any atom is -0.384 e. The SMILES string of the molecule is Cc1[nH]cnc1C(=O)NCC1CCCN(Cc2ccc(C#CCO)cc2)C1. The predicted octanol–water partition coefficient (Wildman–Crippen LogP) is 1.70. The van der Waals surface area contributed by atoms with Crippen molar-refractivity contribution in [2.75, 3.05) is 26.2 Å². The molecule has 0 spiro atoms. The number of carbonyl (C=O) groups excluding carboxylic acids is 1. The third-order valence-corrected chi connectivity index (χ3v) is 4.87. The van der Waals surface area contributed by atoms with Crippen molar-refractivity contribution in [3.63, 3.8) is 0 Å². The number of carbonyl (C=O) groups is 1. The highest BCUT2D eigenvalue weighted by molar-refractivity contribution is 5.93. The summed E-state index contributed by atoms with van der Waals surface area (Å²) >= 11 is 0. The highest BCUT2D eigenvalue weighted by Crippen LogP contribution is 2.18. The fraction of sp³-hybridized carbons (Fsp3) is 0.429. The van der Waals surface area contributed by atoms with Crippen LogP contribution in [0.5, 0.6) is 0 Å². The van der Waals surface area contributed by atoms with Crippen molar-refractivity contribution in [3.05, 3.63) is 53.1 Å². The van der Waals surface area contributed by atoms with Crippen molar-refractivity contribution in [1.82, 2.24) is 20.2 Å². The molecule has 0 saturated carbocycles. The van der Waals surface area contributed by atoms with E-state index in [1.165, 1.54) is 5.56 Å². The Labute approximate surface area is 160 Å². The van der Waals surface area contributed by atoms with Crippen LogP contribution < -0.4 is 5.32 Å². The first-order chi connectivity index (χ1) is 13.2. The predicted molar refractivity (Wildman–Crippen MR) is 104 cm³/mol. The fourth-order valence-corrected chi connectivity index (χ4v) is 3.46. The molecule has 1 aliphatic heterocycles. The number of likely N-dealkylation sites (tertiary alicyclic amines) is 1. The summed E-state index contributed by atoms with van der Waals surface area (Å²) in [5.74, 6) is 5.93. The molecular formula is C21H26N4O2. The van der Waals surface area contributed by atoms with Crippen molar-refractivity contribution in [2.45, 2.75) is 26.3 Å². The standard InChI is InChI=1S/C21H26N4O2/c1-16-20(24-15-23-16)21(27)22-12-19-4-2-10-25(14-19)13-18-8-6-17(7-9-18)5-3-11-26/h6-9,15,19,26H,2,4,10-14H2,1H3,(H,22,27)(H,23,24). The van der Waals surface area contributed by atoms with Crippen molar-refractivity contribution in [2.24, 2.45) is 5.92 Å². The van der Waals surface area contributed by atoms with Crippen LogP contribution in [0, 0.1) is 24.7 Å². The lowest BCUT2D eigenvalue weighted by atomic mass is 9.97. The van der Waals surface area contributed by atoms with Gasteiger partial charge in [-0.15, -0.1) is 0 Å². The molecule has 2 heterocycles. The molecule has 142 valence electrons. The first-order valence-corrected chi connectivity index (χ1v) is 9.35. The van der Waals surface area contributed by atoms with E-state index in [9.17, 15) is 4.79 Å². The Kier molecular flexibility index (Phi) is 6.64. The maximum Gasteiger partial charge on any atom is 0.271 e. The lowest BCUT2D eigenvalue weighted by molar-refractivity contribution is 0.0925. The van der Waals surface area contributed by atoms with Gasteiger partial charge in [-0.25, -0.2) is 4.98 Å². The summed E-state index contributed by atoms with van der Waals surface area (Å²) in [6, 6.07) is 8.16. The van der Waals surface area contributed by atoms with Crippen LogP contribution in [-0.2, 0) is 6.54 Å². The molecule has 1 amide bonds. The van der Waals surface area contributed by atoms with Gasteiger partial charge in [0.05, 0.1) is 6.33 Å². The van der Waals surface area contributed by atoms with Crippen LogP contribution in [0.4, 0.5) is 0 Å². The van der Waals surface area contributed by atoms with Gasteiger partial charge in [0.1, 0.15) is 12.3 Å². The van der Waals surface area contributed by atoms with Gasteiger partial charge < -0.3 is 15.4 Å². The number of nitrogens with zero attached hydrogens (tertiary/aromatic N) is 2. The summed E-state index contributed by atoms with van der Waals surface area (Å²) in [7, 11) is 0. The molecule has 2 aromatic rings. The molecule has 1 saturated heterocycles. The van der Waals surface area contributed by atoms with Gasteiger partial charge in [0.15, 0.2) is 0 Å². The lowest BCUT2D eigenvalue weighted by Gasteiger charge is -2.32. The zero-order valence-electron chi connectivity index (χ0n) is 15.7. The van der Waals surface area contributed by atoms with Crippen molar-refractivity contribution >= 4 is 5.91 Å². The van der Waals surface area contributed by atoms with Crippen LogP contribution in [0.3, 0.4) is 0 Å². The van der Waals surface area contributed by atoms with E-state index in [0.29, 0.717) is 18.2 Å². The van der Waals surface area contributed by atoms with Gasteiger partial charge in [-0.1, -0.05) is 24.0 Å². The van der Waals surface area contributed by atoms with E-state index in [-0.39, 0.29) is 12.5 Å². The zero-order valence-corrected chi connectivity index (χ0v) is 15.7. The maximum atomic E-state index is 12.2. The van der Waals surface area contributed by atoms with Crippen LogP contribution in [0.25, 0.3) is 0 Å². The van der Waals surface area contributed by atoms with Crippen molar-refractivity contribution in [3.8, 4) is 11.8 Å². The molecule has 6 nitrogen and oxygen atoms in total. The van der Waals surface area contributed by atoms with E-state index >= 15 is 0 Å². The van der Waals surface area contributed by atoms with Gasteiger partial charge in [0, 0.05) is 30.9 Å². The summed E-state index contributed by atoms with van der Waals surface area (Å²) in [4.78, 5) is 21.7. The van der Waals surface area contributed by atoms with Gasteiger partial charge in [-0.05, 0) is 49.9 Å². The number of aliphatic hydroxyl groups excluding tert-OH is 1. The molecule has 0 radical (unpaired) electrons. The molecule has 3 rings (SSSR count). The second-order valence-corrected chi connectivity index (χ2v) is 6.99. The van der Waals surface area contributed by atoms with E-state index in [1.807, 2.05) is 19.1 Å². The van der Waals surface area contributed by atoms with E-state index in [2.05, 4.69) is 44.2 Å². The number of aromatic nitrogens is 2. The number of hydrogen-bond donors (Lipinski definition) is 3. The van der Waals surface area contributed by atoms with Gasteiger partial charge in [0.2, 0.25) is 0 Å². The third kappa shape index (κ3) is 5.43. The van der Waals surface area contributed by atoms with Crippen LogP contribution in [-0.4, -0.2) is 52.1 Å². The average Bonchev–Trinajstić information content (AvgIpc) is 3.12.